The topological polar surface area (TPSA) is 72.8 Å². The number of sulfone groups is 1. The normalized spacial score (nSPS) is 15.4. The van der Waals surface area contributed by atoms with Gasteiger partial charge in [-0.25, -0.2) is 23.4 Å². The Labute approximate surface area is 359 Å². The molecule has 1 atom stereocenters. The Morgan fingerprint density at radius 1 is 0.339 bits per heavy atom. The summed E-state index contributed by atoms with van der Waals surface area (Å²) in [6.07, 6.45) is 0. The number of aromatic nitrogens is 3. The highest BCUT2D eigenvalue weighted by atomic mass is 32.2. The van der Waals surface area contributed by atoms with Crippen LogP contribution in [0.4, 0.5) is 0 Å². The molecular weight excluding hydrogens is 779 g/mol. The van der Waals surface area contributed by atoms with Crippen molar-refractivity contribution in [3.05, 3.63) is 235 Å². The maximum Gasteiger partial charge on any atom is 0.207 e. The monoisotopic (exact) mass is 813 g/mol. The van der Waals surface area contributed by atoms with E-state index in [4.69, 9.17) is 15.0 Å². The molecule has 292 valence electrons. The number of nitrogens with zero attached hydrogens (tertiary/aromatic N) is 3. The van der Waals surface area contributed by atoms with E-state index in [1.165, 1.54) is 0 Å². The average molecular weight is 814 g/mol. The Morgan fingerprint density at radius 3 is 1.61 bits per heavy atom. The molecular formula is C56H35N3O2S. The molecule has 10 aromatic rings. The van der Waals surface area contributed by atoms with Gasteiger partial charge in [-0.1, -0.05) is 194 Å². The molecule has 9 aromatic carbocycles. The Hall–Kier alpha value is -7.80. The van der Waals surface area contributed by atoms with Gasteiger partial charge in [-0.3, -0.25) is 0 Å². The van der Waals surface area contributed by atoms with Crippen molar-refractivity contribution < 1.29 is 8.42 Å². The highest BCUT2D eigenvalue weighted by Crippen LogP contribution is 2.60. The average Bonchev–Trinajstić information content (AvgIpc) is 3.45. The van der Waals surface area contributed by atoms with Crippen LogP contribution in [-0.4, -0.2) is 23.4 Å². The lowest BCUT2D eigenvalue weighted by Gasteiger charge is -2.43. The van der Waals surface area contributed by atoms with Crippen LogP contribution < -0.4 is 0 Å². The van der Waals surface area contributed by atoms with Crippen molar-refractivity contribution >= 4 is 20.6 Å². The second-order valence-corrected chi connectivity index (χ2v) is 17.7. The molecule has 12 rings (SSSR count). The van der Waals surface area contributed by atoms with Gasteiger partial charge in [0.1, 0.15) is 0 Å². The molecule has 0 N–H and O–H groups in total. The summed E-state index contributed by atoms with van der Waals surface area (Å²) in [5, 5.41) is 1.56. The van der Waals surface area contributed by atoms with Crippen LogP contribution in [0.15, 0.2) is 222 Å². The Balaban J connectivity index is 1.20. The van der Waals surface area contributed by atoms with E-state index >= 15 is 8.42 Å². The summed E-state index contributed by atoms with van der Waals surface area (Å²) in [5.41, 5.74) is 11.2. The van der Waals surface area contributed by atoms with Crippen LogP contribution in [0.5, 0.6) is 0 Å². The van der Waals surface area contributed by atoms with Gasteiger partial charge < -0.3 is 0 Å². The fraction of sp³-hybridized carbons (Fsp3) is 0.0179. The molecule has 1 spiro atoms. The quantitative estimate of drug-likeness (QED) is 0.177. The largest absolute Gasteiger partial charge is 0.218 e. The summed E-state index contributed by atoms with van der Waals surface area (Å²) in [6, 6.07) is 71.6. The molecule has 5 nitrogen and oxygen atoms in total. The van der Waals surface area contributed by atoms with Crippen molar-refractivity contribution in [1.29, 1.82) is 0 Å². The highest BCUT2D eigenvalue weighted by Gasteiger charge is 2.52. The summed E-state index contributed by atoms with van der Waals surface area (Å²) in [5.74, 6) is 1.62. The first kappa shape index (κ1) is 36.1. The molecule has 0 saturated heterocycles. The van der Waals surface area contributed by atoms with E-state index in [-0.39, 0.29) is 0 Å². The molecule has 0 fully saturated rings. The first-order valence-corrected chi connectivity index (χ1v) is 22.2. The van der Waals surface area contributed by atoms with Crippen LogP contribution in [0.1, 0.15) is 22.3 Å². The molecule has 0 radical (unpaired) electrons. The number of fused-ring (bicyclic) bond motifs is 13. The standard InChI is InChI=1S/C56H35N3O2S/c60-62(61)51-29-14-13-28-48(51)56(49-33-31-37-18-7-8-23-42(37)52(49)62)47-27-12-11-26-45(47)43-24-9-10-25-44(43)46-32-30-41(35-50(46)56)55-58-53(38-19-5-2-6-20-38)57-54(59-55)40-22-15-21-39(34-40)36-16-3-1-4-17-36/h1-35H. The van der Waals surface area contributed by atoms with E-state index in [9.17, 15) is 0 Å². The first-order valence-electron chi connectivity index (χ1n) is 20.7. The second kappa shape index (κ2) is 13.9. The van der Waals surface area contributed by atoms with E-state index in [0.717, 1.165) is 66.6 Å². The highest BCUT2D eigenvalue weighted by molar-refractivity contribution is 7.92. The van der Waals surface area contributed by atoms with Gasteiger partial charge in [0.2, 0.25) is 9.84 Å². The van der Waals surface area contributed by atoms with Crippen LogP contribution in [-0.2, 0) is 15.3 Å². The molecule has 2 aliphatic rings. The Bertz CT molecular complexity index is 3550. The molecule has 0 saturated carbocycles. The molecule has 0 bridgehead atoms. The van der Waals surface area contributed by atoms with Crippen LogP contribution >= 0.6 is 0 Å². The lowest BCUT2D eigenvalue weighted by atomic mass is 9.62. The van der Waals surface area contributed by atoms with E-state index in [1.54, 1.807) is 6.07 Å². The van der Waals surface area contributed by atoms with Gasteiger partial charge in [-0.15, -0.1) is 0 Å². The number of benzene rings is 9. The minimum atomic E-state index is -3.98. The van der Waals surface area contributed by atoms with E-state index < -0.39 is 15.3 Å². The number of hydrogen-bond donors (Lipinski definition) is 0. The Morgan fingerprint density at radius 2 is 0.871 bits per heavy atom. The molecule has 1 aliphatic carbocycles. The molecule has 1 aliphatic heterocycles. The molecule has 0 amide bonds. The van der Waals surface area contributed by atoms with Gasteiger partial charge in [0.25, 0.3) is 0 Å². The van der Waals surface area contributed by atoms with Crippen molar-refractivity contribution in [2.45, 2.75) is 15.2 Å². The molecule has 1 unspecified atom stereocenters. The van der Waals surface area contributed by atoms with Gasteiger partial charge in [0, 0.05) is 22.1 Å². The number of hydrogen-bond acceptors (Lipinski definition) is 5. The van der Waals surface area contributed by atoms with Gasteiger partial charge in [-0.2, -0.15) is 0 Å². The minimum absolute atomic E-state index is 0.299. The van der Waals surface area contributed by atoms with Gasteiger partial charge in [0.05, 0.1) is 15.2 Å². The van der Waals surface area contributed by atoms with Crippen LogP contribution in [0, 0.1) is 0 Å². The summed E-state index contributed by atoms with van der Waals surface area (Å²) < 4.78 is 30.4. The van der Waals surface area contributed by atoms with Gasteiger partial charge in [-0.05, 0) is 79.2 Å². The van der Waals surface area contributed by atoms with Crippen molar-refractivity contribution in [3.63, 3.8) is 0 Å². The third-order valence-corrected chi connectivity index (χ3v) is 14.5. The summed E-state index contributed by atoms with van der Waals surface area (Å²) >= 11 is 0. The zero-order chi connectivity index (χ0) is 41.4. The van der Waals surface area contributed by atoms with Crippen LogP contribution in [0.25, 0.3) is 78.3 Å². The van der Waals surface area contributed by atoms with Crippen LogP contribution in [0.3, 0.4) is 0 Å². The van der Waals surface area contributed by atoms with Crippen molar-refractivity contribution in [2.24, 2.45) is 0 Å². The summed E-state index contributed by atoms with van der Waals surface area (Å²) in [6.45, 7) is 0. The SMILES string of the molecule is O=S1(=O)c2ccccc2C2(c3ccccc3-c3ccccc3-c3ccc(-c4nc(-c5ccccc5)nc(-c5cccc(-c6ccccc6)c5)n4)cc32)c2ccc3ccccc3c21. The van der Waals surface area contributed by atoms with E-state index in [0.29, 0.717) is 43.8 Å². The molecule has 2 heterocycles. The Kier molecular flexibility index (Phi) is 8.08. The molecule has 6 heteroatoms. The predicted molar refractivity (Wildman–Crippen MR) is 247 cm³/mol. The van der Waals surface area contributed by atoms with Crippen molar-refractivity contribution in [3.8, 4) is 67.5 Å². The van der Waals surface area contributed by atoms with Crippen LogP contribution in [0.2, 0.25) is 0 Å². The minimum Gasteiger partial charge on any atom is -0.218 e. The van der Waals surface area contributed by atoms with Crippen molar-refractivity contribution in [1.82, 2.24) is 15.0 Å². The number of rotatable bonds is 4. The van der Waals surface area contributed by atoms with E-state index in [1.807, 2.05) is 109 Å². The lowest BCUT2D eigenvalue weighted by molar-refractivity contribution is 0.581. The third-order valence-electron chi connectivity index (χ3n) is 12.5. The summed E-state index contributed by atoms with van der Waals surface area (Å²) in [4.78, 5) is 16.2. The fourth-order valence-electron chi connectivity index (χ4n) is 9.86. The molecule has 62 heavy (non-hydrogen) atoms. The maximum atomic E-state index is 15.2. The first-order chi connectivity index (χ1) is 30.5. The summed E-state index contributed by atoms with van der Waals surface area (Å²) in [7, 11) is -3.98. The van der Waals surface area contributed by atoms with Gasteiger partial charge in [0.15, 0.2) is 17.5 Å². The third kappa shape index (κ3) is 5.33. The fourth-order valence-corrected chi connectivity index (χ4v) is 11.8. The zero-order valence-electron chi connectivity index (χ0n) is 33.3. The van der Waals surface area contributed by atoms with Crippen molar-refractivity contribution in [2.75, 3.05) is 0 Å². The second-order valence-electron chi connectivity index (χ2n) is 15.9. The van der Waals surface area contributed by atoms with Gasteiger partial charge >= 0.3 is 0 Å². The molecule has 1 aromatic heterocycles. The van der Waals surface area contributed by atoms with E-state index in [2.05, 4.69) is 97.1 Å². The maximum absolute atomic E-state index is 15.2. The predicted octanol–water partition coefficient (Wildman–Crippen LogP) is 12.9. The smallest absolute Gasteiger partial charge is 0.207 e. The zero-order valence-corrected chi connectivity index (χ0v) is 34.1. The lowest BCUT2D eigenvalue weighted by Crippen LogP contribution is -2.38.